The van der Waals surface area contributed by atoms with Crippen LogP contribution in [0.3, 0.4) is 0 Å². The zero-order valence-corrected chi connectivity index (χ0v) is 23.4. The van der Waals surface area contributed by atoms with Crippen LogP contribution in [0.15, 0.2) is 76.7 Å². The first kappa shape index (κ1) is 29.3. The van der Waals surface area contributed by atoms with Gasteiger partial charge in [-0.2, -0.15) is 5.10 Å². The number of nitrogens with one attached hydrogen (secondary N) is 1. The Bertz CT molecular complexity index is 1390. The maximum atomic E-state index is 13.8. The van der Waals surface area contributed by atoms with Gasteiger partial charge in [-0.15, -0.1) is 0 Å². The zero-order chi connectivity index (χ0) is 28.4. The summed E-state index contributed by atoms with van der Waals surface area (Å²) in [6.45, 7) is 5.98. The molecule has 10 nitrogen and oxygen atoms in total. The Balaban J connectivity index is 1.89. The number of hydrogen-bond acceptors (Lipinski definition) is 8. The Morgan fingerprint density at radius 2 is 1.41 bits per heavy atom. The second-order valence-corrected chi connectivity index (χ2v) is 10.0. The smallest absolute Gasteiger partial charge is 0.264 e. The van der Waals surface area contributed by atoms with E-state index in [0.29, 0.717) is 30.4 Å². The van der Waals surface area contributed by atoms with E-state index in [0.717, 1.165) is 15.6 Å². The Labute approximate surface area is 229 Å². The van der Waals surface area contributed by atoms with Gasteiger partial charge >= 0.3 is 0 Å². The lowest BCUT2D eigenvalue weighted by Gasteiger charge is -2.24. The van der Waals surface area contributed by atoms with Crippen molar-refractivity contribution in [2.75, 3.05) is 38.3 Å². The minimum absolute atomic E-state index is 0.0732. The number of sulfonamides is 1. The Morgan fingerprint density at radius 3 is 1.95 bits per heavy atom. The molecule has 3 aromatic carbocycles. The summed E-state index contributed by atoms with van der Waals surface area (Å²) in [7, 11) is -1.33. The van der Waals surface area contributed by atoms with Crippen LogP contribution in [0.4, 0.5) is 5.69 Å². The summed E-state index contributed by atoms with van der Waals surface area (Å²) in [5, 5.41) is 4.16. The van der Waals surface area contributed by atoms with Crippen LogP contribution < -0.4 is 28.7 Å². The summed E-state index contributed by atoms with van der Waals surface area (Å²) in [6.07, 6.45) is 0. The van der Waals surface area contributed by atoms with Crippen molar-refractivity contribution in [2.45, 2.75) is 25.7 Å². The van der Waals surface area contributed by atoms with Crippen LogP contribution in [0.25, 0.3) is 0 Å². The van der Waals surface area contributed by atoms with Crippen molar-refractivity contribution >= 4 is 27.3 Å². The fourth-order valence-electron chi connectivity index (χ4n) is 3.63. The average molecular weight is 556 g/mol. The topological polar surface area (TPSA) is 116 Å². The van der Waals surface area contributed by atoms with Gasteiger partial charge in [-0.1, -0.05) is 0 Å². The minimum atomic E-state index is -4.20. The highest BCUT2D eigenvalue weighted by molar-refractivity contribution is 7.92. The molecular formula is C28H33N3O7S. The van der Waals surface area contributed by atoms with E-state index in [4.69, 9.17) is 18.9 Å². The van der Waals surface area contributed by atoms with E-state index in [-0.39, 0.29) is 16.3 Å². The van der Waals surface area contributed by atoms with Gasteiger partial charge in [0.05, 0.1) is 43.7 Å². The number of carbonyl (C=O) groups excluding carboxylic acids is 1. The fraction of sp³-hybridized carbons (Fsp3) is 0.286. The fourth-order valence-corrected chi connectivity index (χ4v) is 5.07. The molecule has 0 saturated heterocycles. The minimum Gasteiger partial charge on any atom is -0.494 e. The quantitative estimate of drug-likeness (QED) is 0.248. The molecule has 0 aromatic heterocycles. The van der Waals surface area contributed by atoms with Crippen LogP contribution in [-0.4, -0.2) is 54.0 Å². The van der Waals surface area contributed by atoms with E-state index in [9.17, 15) is 13.2 Å². The van der Waals surface area contributed by atoms with Gasteiger partial charge in [0, 0.05) is 6.07 Å². The van der Waals surface area contributed by atoms with E-state index in [1.807, 2.05) is 38.1 Å². The molecule has 0 heterocycles. The summed E-state index contributed by atoms with van der Waals surface area (Å²) in [5.74, 6) is 1.29. The van der Waals surface area contributed by atoms with Crippen molar-refractivity contribution in [3.63, 3.8) is 0 Å². The van der Waals surface area contributed by atoms with Gasteiger partial charge in [0.15, 0.2) is 11.5 Å². The van der Waals surface area contributed by atoms with Crippen LogP contribution in [0.5, 0.6) is 23.0 Å². The summed E-state index contributed by atoms with van der Waals surface area (Å²) in [4.78, 5) is 12.9. The Hall–Kier alpha value is -4.25. The molecular weight excluding hydrogens is 522 g/mol. The van der Waals surface area contributed by atoms with Gasteiger partial charge in [-0.25, -0.2) is 13.8 Å². The molecule has 0 aliphatic heterocycles. The maximum Gasteiger partial charge on any atom is 0.264 e. The first-order valence-corrected chi connectivity index (χ1v) is 13.7. The molecule has 11 heteroatoms. The number of carbonyl (C=O) groups is 1. The van der Waals surface area contributed by atoms with E-state index in [1.165, 1.54) is 32.4 Å². The number of hydrazone groups is 1. The SMILES string of the molecule is CCOc1ccc(/C(C)=N\NC(=O)CN(c2ccc(OCC)cc2)S(=O)(=O)c2ccc(OC)c(OC)c2)cc1. The number of ether oxygens (including phenoxy) is 4. The standard InChI is InChI=1S/C28H33N3O7S/c1-6-37-23-12-8-21(9-13-23)20(3)29-30-28(32)19-31(22-10-14-24(15-11-22)38-7-2)39(33,34)25-16-17-26(35-4)27(18-25)36-5/h8-18H,6-7,19H2,1-5H3,(H,30,32)/b29-20-. The first-order valence-electron chi connectivity index (χ1n) is 12.3. The largest absolute Gasteiger partial charge is 0.494 e. The first-order chi connectivity index (χ1) is 18.7. The molecule has 0 unspecified atom stereocenters. The number of benzene rings is 3. The monoisotopic (exact) mass is 555 g/mol. The lowest BCUT2D eigenvalue weighted by atomic mass is 10.1. The number of methoxy groups -OCH3 is 2. The predicted molar refractivity (Wildman–Crippen MR) is 150 cm³/mol. The number of amides is 1. The normalized spacial score (nSPS) is 11.5. The molecule has 0 aliphatic rings. The van der Waals surface area contributed by atoms with Crippen LogP contribution in [0.1, 0.15) is 26.3 Å². The van der Waals surface area contributed by atoms with Crippen molar-refractivity contribution in [2.24, 2.45) is 5.10 Å². The molecule has 3 aromatic rings. The van der Waals surface area contributed by atoms with Gasteiger partial charge in [0.1, 0.15) is 18.0 Å². The second-order valence-electron chi connectivity index (χ2n) is 8.14. The summed E-state index contributed by atoms with van der Waals surface area (Å²) in [5.41, 5.74) is 4.05. The molecule has 0 bridgehead atoms. The third kappa shape index (κ3) is 7.41. The van der Waals surface area contributed by atoms with Crippen LogP contribution >= 0.6 is 0 Å². The van der Waals surface area contributed by atoms with E-state index >= 15 is 0 Å². The lowest BCUT2D eigenvalue weighted by molar-refractivity contribution is -0.119. The van der Waals surface area contributed by atoms with E-state index in [2.05, 4.69) is 10.5 Å². The number of nitrogens with zero attached hydrogens (tertiary/aromatic N) is 2. The van der Waals surface area contributed by atoms with Crippen LogP contribution in [0, 0.1) is 0 Å². The molecule has 3 rings (SSSR count). The van der Waals surface area contributed by atoms with Gasteiger partial charge in [0.25, 0.3) is 15.9 Å². The lowest BCUT2D eigenvalue weighted by Crippen LogP contribution is -2.39. The van der Waals surface area contributed by atoms with Gasteiger partial charge in [0.2, 0.25) is 0 Å². The summed E-state index contributed by atoms with van der Waals surface area (Å²) in [6, 6.07) is 17.9. The highest BCUT2D eigenvalue weighted by atomic mass is 32.2. The molecule has 0 atom stereocenters. The van der Waals surface area contributed by atoms with Gasteiger partial charge < -0.3 is 18.9 Å². The highest BCUT2D eigenvalue weighted by Gasteiger charge is 2.28. The number of rotatable bonds is 13. The van der Waals surface area contributed by atoms with Crippen LogP contribution in [-0.2, 0) is 14.8 Å². The molecule has 0 radical (unpaired) electrons. The molecule has 208 valence electrons. The molecule has 39 heavy (non-hydrogen) atoms. The van der Waals surface area contributed by atoms with Crippen molar-refractivity contribution in [3.05, 3.63) is 72.3 Å². The molecule has 1 N–H and O–H groups in total. The summed E-state index contributed by atoms with van der Waals surface area (Å²) >= 11 is 0. The Morgan fingerprint density at radius 1 is 0.846 bits per heavy atom. The molecule has 0 fully saturated rings. The number of anilines is 1. The van der Waals surface area contributed by atoms with E-state index < -0.39 is 22.5 Å². The third-order valence-electron chi connectivity index (χ3n) is 5.60. The zero-order valence-electron chi connectivity index (χ0n) is 22.6. The molecule has 0 saturated carbocycles. The van der Waals surface area contributed by atoms with Crippen molar-refractivity contribution in [1.29, 1.82) is 0 Å². The summed E-state index contributed by atoms with van der Waals surface area (Å²) < 4.78 is 49.9. The molecule has 0 spiro atoms. The van der Waals surface area contributed by atoms with E-state index in [1.54, 1.807) is 31.2 Å². The highest BCUT2D eigenvalue weighted by Crippen LogP contribution is 2.32. The molecule has 1 amide bonds. The van der Waals surface area contributed by atoms with Crippen molar-refractivity contribution in [3.8, 4) is 23.0 Å². The van der Waals surface area contributed by atoms with Crippen molar-refractivity contribution in [1.82, 2.24) is 5.43 Å². The van der Waals surface area contributed by atoms with Crippen molar-refractivity contribution < 1.29 is 32.2 Å². The molecule has 0 aliphatic carbocycles. The second kappa shape index (κ2) is 13.5. The van der Waals surface area contributed by atoms with Crippen LogP contribution in [0.2, 0.25) is 0 Å². The predicted octanol–water partition coefficient (Wildman–Crippen LogP) is 4.24. The maximum absolute atomic E-state index is 13.8. The van der Waals surface area contributed by atoms with Gasteiger partial charge in [-0.05, 0) is 87.0 Å². The van der Waals surface area contributed by atoms with Gasteiger partial charge in [-0.3, -0.25) is 9.10 Å². The Kier molecular flexibility index (Phi) is 10.2. The number of hydrogen-bond donors (Lipinski definition) is 1. The average Bonchev–Trinajstić information content (AvgIpc) is 2.95. The third-order valence-corrected chi connectivity index (χ3v) is 7.37.